The number of nitrogens with one attached hydrogen (secondary N) is 2. The summed E-state index contributed by atoms with van der Waals surface area (Å²) >= 11 is 5.40. The fourth-order valence-corrected chi connectivity index (χ4v) is 4.65. The monoisotopic (exact) mass is 425 g/mol. The summed E-state index contributed by atoms with van der Waals surface area (Å²) in [6.07, 6.45) is 4.88. The molecule has 2 N–H and O–H groups in total. The van der Waals surface area contributed by atoms with Crippen LogP contribution >= 0.6 is 12.2 Å². The Kier molecular flexibility index (Phi) is 4.67. The highest BCUT2D eigenvalue weighted by Crippen LogP contribution is 2.35. The first-order chi connectivity index (χ1) is 15.1. The van der Waals surface area contributed by atoms with Crippen LogP contribution in [-0.4, -0.2) is 32.5 Å². The predicted octanol–water partition coefficient (Wildman–Crippen LogP) is 4.11. The van der Waals surface area contributed by atoms with E-state index in [-0.39, 0.29) is 0 Å². The lowest BCUT2D eigenvalue weighted by atomic mass is 9.96. The largest absolute Gasteiger partial charge is 0.315 e. The van der Waals surface area contributed by atoms with Crippen molar-refractivity contribution in [3.05, 3.63) is 64.2 Å². The maximum Gasteiger partial charge on any atom is 0.138 e. The Morgan fingerprint density at radius 3 is 2.74 bits per heavy atom. The van der Waals surface area contributed by atoms with Gasteiger partial charge in [-0.3, -0.25) is 14.3 Å². The second-order valence-corrected chi connectivity index (χ2v) is 8.09. The van der Waals surface area contributed by atoms with Crippen LogP contribution < -0.4 is 5.32 Å². The second-order valence-electron chi connectivity index (χ2n) is 7.68. The zero-order valence-electron chi connectivity index (χ0n) is 16.9. The second kappa shape index (κ2) is 7.51. The molecule has 1 aliphatic rings. The van der Waals surface area contributed by atoms with Gasteiger partial charge in [0.1, 0.15) is 16.3 Å². The number of aromatic amines is 1. The Bertz CT molecular complexity index is 1450. The molecule has 0 radical (unpaired) electrons. The summed E-state index contributed by atoms with van der Waals surface area (Å²) in [7, 11) is 0. The zero-order chi connectivity index (χ0) is 21.5. The van der Waals surface area contributed by atoms with Gasteiger partial charge in [0, 0.05) is 40.7 Å². The first kappa shape index (κ1) is 19.3. The first-order valence-electron chi connectivity index (χ1n) is 10.1. The molecule has 5 rings (SSSR count). The fourth-order valence-electron chi connectivity index (χ4n) is 4.41. The van der Waals surface area contributed by atoms with Crippen LogP contribution in [0.2, 0.25) is 0 Å². The van der Waals surface area contributed by atoms with E-state index in [9.17, 15) is 10.5 Å². The van der Waals surface area contributed by atoms with Crippen LogP contribution in [0, 0.1) is 34.2 Å². The maximum absolute atomic E-state index is 9.72. The number of pyridine rings is 1. The summed E-state index contributed by atoms with van der Waals surface area (Å²) in [5.74, 6) is 0. The highest BCUT2D eigenvalue weighted by molar-refractivity contribution is 7.71. The van der Waals surface area contributed by atoms with E-state index in [2.05, 4.69) is 39.3 Å². The van der Waals surface area contributed by atoms with E-state index in [1.165, 1.54) is 0 Å². The molecule has 3 aromatic heterocycles. The van der Waals surface area contributed by atoms with Gasteiger partial charge in [0.15, 0.2) is 0 Å². The van der Waals surface area contributed by atoms with E-state index in [0.717, 1.165) is 47.5 Å². The van der Waals surface area contributed by atoms with Gasteiger partial charge in [0.05, 0.1) is 29.4 Å². The summed E-state index contributed by atoms with van der Waals surface area (Å²) in [6, 6.07) is 14.3. The molecular weight excluding hydrogens is 406 g/mol. The highest BCUT2D eigenvalue weighted by atomic mass is 32.1. The summed E-state index contributed by atoms with van der Waals surface area (Å²) in [6.45, 7) is 3.99. The van der Waals surface area contributed by atoms with Crippen molar-refractivity contribution in [1.82, 2.24) is 24.7 Å². The molecule has 1 aliphatic heterocycles. The number of nitriles is 2. The molecule has 31 heavy (non-hydrogen) atoms. The number of benzene rings is 1. The predicted molar refractivity (Wildman–Crippen MR) is 120 cm³/mol. The first-order valence-corrected chi connectivity index (χ1v) is 10.5. The van der Waals surface area contributed by atoms with Gasteiger partial charge in [-0.2, -0.15) is 15.6 Å². The summed E-state index contributed by atoms with van der Waals surface area (Å²) < 4.78 is 4.24. The Morgan fingerprint density at radius 1 is 1.16 bits per heavy atom. The Morgan fingerprint density at radius 2 is 2.00 bits per heavy atom. The third kappa shape index (κ3) is 3.05. The third-order valence-corrected chi connectivity index (χ3v) is 6.23. The molecule has 1 aromatic carbocycles. The van der Waals surface area contributed by atoms with Gasteiger partial charge >= 0.3 is 0 Å². The van der Waals surface area contributed by atoms with Crippen molar-refractivity contribution in [2.75, 3.05) is 13.1 Å². The lowest BCUT2D eigenvalue weighted by molar-refractivity contribution is 0.480. The van der Waals surface area contributed by atoms with Gasteiger partial charge in [-0.1, -0.05) is 30.4 Å². The average Bonchev–Trinajstić information content (AvgIpc) is 3.51. The van der Waals surface area contributed by atoms with Gasteiger partial charge < -0.3 is 5.32 Å². The normalized spacial score (nSPS) is 15.8. The van der Waals surface area contributed by atoms with E-state index >= 15 is 0 Å². The Labute approximate surface area is 184 Å². The third-order valence-electron chi connectivity index (χ3n) is 5.94. The summed E-state index contributed by atoms with van der Waals surface area (Å²) in [4.78, 5) is 0. The van der Waals surface area contributed by atoms with E-state index in [1.54, 1.807) is 10.6 Å². The molecule has 0 unspecified atom stereocenters. The van der Waals surface area contributed by atoms with Crippen LogP contribution in [0.1, 0.15) is 29.3 Å². The van der Waals surface area contributed by atoms with Gasteiger partial charge in [-0.15, -0.1) is 0 Å². The smallest absolute Gasteiger partial charge is 0.138 e. The number of rotatable bonds is 3. The van der Waals surface area contributed by atoms with Gasteiger partial charge in [0.2, 0.25) is 0 Å². The van der Waals surface area contributed by atoms with Crippen LogP contribution in [0.15, 0.2) is 42.7 Å². The number of aromatic nitrogens is 4. The molecule has 1 fully saturated rings. The minimum absolute atomic E-state index is 0.346. The van der Waals surface area contributed by atoms with Crippen molar-refractivity contribution in [3.63, 3.8) is 0 Å². The minimum atomic E-state index is 0.346. The fraction of sp³-hybridized carbons (Fsp3) is 0.217. The van der Waals surface area contributed by atoms with E-state index < -0.39 is 0 Å². The summed E-state index contributed by atoms with van der Waals surface area (Å²) in [5.41, 5.74) is 6.19. The Hall–Kier alpha value is -3.72. The van der Waals surface area contributed by atoms with Crippen LogP contribution in [0.5, 0.6) is 0 Å². The molecule has 1 saturated heterocycles. The molecule has 4 aromatic rings. The van der Waals surface area contributed by atoms with Crippen molar-refractivity contribution in [1.29, 1.82) is 10.5 Å². The quantitative estimate of drug-likeness (QED) is 0.481. The van der Waals surface area contributed by atoms with Gasteiger partial charge in [-0.25, -0.2) is 0 Å². The SMILES string of the molecule is Cc1c(-c2cc(-c3ccccc3C#N)c3c(C#N)c(=S)[nH]n3c2)cnn1[C@@H]1CCNC1. The molecule has 0 spiro atoms. The topological polar surface area (TPSA) is 97.6 Å². The Balaban J connectivity index is 1.78. The van der Waals surface area contributed by atoms with E-state index in [0.29, 0.717) is 27.3 Å². The van der Waals surface area contributed by atoms with Crippen molar-refractivity contribution in [2.24, 2.45) is 0 Å². The molecule has 152 valence electrons. The molecule has 0 aliphatic carbocycles. The number of hydrogen-bond donors (Lipinski definition) is 2. The molecule has 1 atom stereocenters. The standard InChI is InChI=1S/C23H19N7S/c1-14-21(12-27-30(14)17-6-7-26-11-17)16-8-19(18-5-3-2-4-15(18)9-24)22-20(10-25)23(31)28-29(22)13-16/h2-5,8,12-13,17,26H,6-7,11H2,1H3,(H,28,31)/t17-/m1/s1. The van der Waals surface area contributed by atoms with Crippen LogP contribution in [0.3, 0.4) is 0 Å². The molecule has 8 heteroatoms. The molecule has 4 heterocycles. The maximum atomic E-state index is 9.72. The zero-order valence-corrected chi connectivity index (χ0v) is 17.7. The average molecular weight is 426 g/mol. The number of H-pyrrole nitrogens is 1. The number of fused-ring (bicyclic) bond motifs is 1. The number of nitrogens with zero attached hydrogens (tertiary/aromatic N) is 5. The molecular formula is C23H19N7S. The van der Waals surface area contributed by atoms with Crippen molar-refractivity contribution in [3.8, 4) is 34.4 Å². The highest BCUT2D eigenvalue weighted by Gasteiger charge is 2.22. The van der Waals surface area contributed by atoms with Crippen LogP contribution in [0.4, 0.5) is 0 Å². The molecule has 0 bridgehead atoms. The number of hydrogen-bond acceptors (Lipinski definition) is 5. The van der Waals surface area contributed by atoms with Gasteiger partial charge in [-0.05, 0) is 32.0 Å². The molecule has 0 saturated carbocycles. The van der Waals surface area contributed by atoms with Crippen LogP contribution in [0.25, 0.3) is 27.8 Å². The van der Waals surface area contributed by atoms with Crippen LogP contribution in [-0.2, 0) is 0 Å². The van der Waals surface area contributed by atoms with Crippen molar-refractivity contribution in [2.45, 2.75) is 19.4 Å². The van der Waals surface area contributed by atoms with Crippen molar-refractivity contribution < 1.29 is 0 Å². The summed E-state index contributed by atoms with van der Waals surface area (Å²) in [5, 5.41) is 30.5. The van der Waals surface area contributed by atoms with Gasteiger partial charge in [0.25, 0.3) is 0 Å². The molecule has 0 amide bonds. The lowest BCUT2D eigenvalue weighted by Crippen LogP contribution is -2.15. The lowest BCUT2D eigenvalue weighted by Gasteiger charge is -2.13. The minimum Gasteiger partial charge on any atom is -0.315 e. The van der Waals surface area contributed by atoms with E-state index in [1.807, 2.05) is 36.7 Å². The molecule has 7 nitrogen and oxygen atoms in total. The van der Waals surface area contributed by atoms with E-state index in [4.69, 9.17) is 12.2 Å². The van der Waals surface area contributed by atoms with Crippen molar-refractivity contribution >= 4 is 17.7 Å².